The number of phenolic OH excluding ortho intramolecular Hbond substituents is 1. The van der Waals surface area contributed by atoms with E-state index in [1.165, 1.54) is 0 Å². The standard InChI is InChI=1S/C25H22N2O4/c28-20-12-8-17(9-13-20)15-22-25(31)26-21(24(30)27-22)14-16-6-10-19(11-7-16)23(29)18-4-2-1-3-5-18/h1-13,21-22,28H,14-15H2,(H,26,31)(H,27,30)/t21-,22+/m1/s1. The largest absolute Gasteiger partial charge is 0.508 e. The molecule has 0 radical (unpaired) electrons. The highest BCUT2D eigenvalue weighted by atomic mass is 16.3. The van der Waals surface area contributed by atoms with E-state index in [2.05, 4.69) is 10.6 Å². The molecule has 2 amide bonds. The molecule has 4 rings (SSSR count). The van der Waals surface area contributed by atoms with Crippen LogP contribution in [0, 0.1) is 0 Å². The van der Waals surface area contributed by atoms with Gasteiger partial charge in [0, 0.05) is 24.0 Å². The van der Waals surface area contributed by atoms with E-state index in [9.17, 15) is 19.5 Å². The van der Waals surface area contributed by atoms with Crippen molar-refractivity contribution in [3.05, 3.63) is 101 Å². The molecule has 1 saturated heterocycles. The Labute approximate surface area is 179 Å². The summed E-state index contributed by atoms with van der Waals surface area (Å²) in [5.41, 5.74) is 2.88. The zero-order chi connectivity index (χ0) is 21.8. The zero-order valence-corrected chi connectivity index (χ0v) is 16.7. The van der Waals surface area contributed by atoms with Crippen LogP contribution in [-0.2, 0) is 22.4 Å². The molecule has 3 aromatic carbocycles. The van der Waals surface area contributed by atoms with E-state index in [-0.39, 0.29) is 23.3 Å². The van der Waals surface area contributed by atoms with Crippen LogP contribution < -0.4 is 10.6 Å². The summed E-state index contributed by atoms with van der Waals surface area (Å²) in [5, 5.41) is 14.9. The summed E-state index contributed by atoms with van der Waals surface area (Å²) in [6.07, 6.45) is 0.685. The molecular formula is C25H22N2O4. The molecule has 0 bridgehead atoms. The van der Waals surface area contributed by atoms with Crippen LogP contribution in [0.3, 0.4) is 0 Å². The molecule has 1 fully saturated rings. The van der Waals surface area contributed by atoms with Gasteiger partial charge in [-0.25, -0.2) is 0 Å². The van der Waals surface area contributed by atoms with Gasteiger partial charge in [-0.15, -0.1) is 0 Å². The zero-order valence-electron chi connectivity index (χ0n) is 16.7. The number of ketones is 1. The summed E-state index contributed by atoms with van der Waals surface area (Å²) >= 11 is 0. The first-order valence-corrected chi connectivity index (χ1v) is 10.1. The van der Waals surface area contributed by atoms with Gasteiger partial charge in [0.15, 0.2) is 5.78 Å². The molecular weight excluding hydrogens is 392 g/mol. The van der Waals surface area contributed by atoms with Crippen molar-refractivity contribution >= 4 is 17.6 Å². The number of piperazine rings is 1. The van der Waals surface area contributed by atoms with Crippen LogP contribution in [0.5, 0.6) is 5.75 Å². The van der Waals surface area contributed by atoms with Gasteiger partial charge in [0.1, 0.15) is 17.8 Å². The Hall–Kier alpha value is -3.93. The van der Waals surface area contributed by atoms with E-state index in [0.717, 1.165) is 11.1 Å². The normalized spacial score (nSPS) is 18.2. The number of benzene rings is 3. The molecule has 0 saturated carbocycles. The third-order valence-electron chi connectivity index (χ3n) is 5.33. The molecule has 0 unspecified atom stereocenters. The second-order valence-electron chi connectivity index (χ2n) is 7.59. The number of aromatic hydroxyl groups is 1. The Kier molecular flexibility index (Phi) is 5.80. The Morgan fingerprint density at radius 2 is 1.13 bits per heavy atom. The van der Waals surface area contributed by atoms with Crippen LogP contribution in [0.4, 0.5) is 0 Å². The van der Waals surface area contributed by atoms with E-state index < -0.39 is 12.1 Å². The predicted octanol–water partition coefficient (Wildman–Crippen LogP) is 2.39. The van der Waals surface area contributed by atoms with Crippen LogP contribution in [-0.4, -0.2) is 34.8 Å². The van der Waals surface area contributed by atoms with E-state index in [1.807, 2.05) is 18.2 Å². The van der Waals surface area contributed by atoms with Gasteiger partial charge in [-0.05, 0) is 23.3 Å². The van der Waals surface area contributed by atoms with Gasteiger partial charge in [0.2, 0.25) is 11.8 Å². The molecule has 2 atom stereocenters. The highest BCUT2D eigenvalue weighted by molar-refractivity contribution is 6.09. The van der Waals surface area contributed by atoms with Crippen LogP contribution in [0.2, 0.25) is 0 Å². The van der Waals surface area contributed by atoms with Gasteiger partial charge in [-0.1, -0.05) is 66.7 Å². The van der Waals surface area contributed by atoms with Crippen molar-refractivity contribution in [1.82, 2.24) is 10.6 Å². The fraction of sp³-hybridized carbons (Fsp3) is 0.160. The lowest BCUT2D eigenvalue weighted by Crippen LogP contribution is -2.62. The monoisotopic (exact) mass is 414 g/mol. The Balaban J connectivity index is 1.37. The molecule has 3 aromatic rings. The lowest BCUT2D eigenvalue weighted by molar-refractivity contribution is -0.136. The van der Waals surface area contributed by atoms with Crippen molar-refractivity contribution in [2.75, 3.05) is 0 Å². The maximum Gasteiger partial charge on any atom is 0.243 e. The molecule has 1 aliphatic heterocycles. The lowest BCUT2D eigenvalue weighted by atomic mass is 9.97. The Morgan fingerprint density at radius 3 is 1.65 bits per heavy atom. The number of rotatable bonds is 6. The molecule has 0 aromatic heterocycles. The first kappa shape index (κ1) is 20.3. The molecule has 6 nitrogen and oxygen atoms in total. The Bertz CT molecular complexity index is 1090. The third kappa shape index (κ3) is 4.80. The van der Waals surface area contributed by atoms with Gasteiger partial charge >= 0.3 is 0 Å². The average Bonchev–Trinajstić information content (AvgIpc) is 2.79. The number of hydrogen-bond donors (Lipinski definition) is 3. The van der Waals surface area contributed by atoms with E-state index >= 15 is 0 Å². The molecule has 3 N–H and O–H groups in total. The smallest absolute Gasteiger partial charge is 0.243 e. The molecule has 1 heterocycles. The minimum Gasteiger partial charge on any atom is -0.508 e. The second-order valence-corrected chi connectivity index (χ2v) is 7.59. The van der Waals surface area contributed by atoms with Gasteiger partial charge in [0.05, 0.1) is 0 Å². The summed E-state index contributed by atoms with van der Waals surface area (Å²) in [7, 11) is 0. The number of hydrogen-bond acceptors (Lipinski definition) is 4. The molecule has 31 heavy (non-hydrogen) atoms. The number of carbonyl (C=O) groups is 3. The molecule has 0 aliphatic carbocycles. The van der Waals surface area contributed by atoms with Gasteiger partial charge in [0.25, 0.3) is 0 Å². The topological polar surface area (TPSA) is 95.5 Å². The summed E-state index contributed by atoms with van der Waals surface area (Å²) in [6, 6.07) is 21.3. The first-order chi connectivity index (χ1) is 15.0. The lowest BCUT2D eigenvalue weighted by Gasteiger charge is -2.29. The summed E-state index contributed by atoms with van der Waals surface area (Å²) in [5.74, 6) is -0.397. The number of nitrogens with one attached hydrogen (secondary N) is 2. The van der Waals surface area contributed by atoms with E-state index in [1.54, 1.807) is 60.7 Å². The average molecular weight is 414 g/mol. The number of phenols is 1. The molecule has 156 valence electrons. The number of carbonyl (C=O) groups excluding carboxylic acids is 3. The quantitative estimate of drug-likeness (QED) is 0.540. The summed E-state index contributed by atoms with van der Waals surface area (Å²) in [6.45, 7) is 0. The van der Waals surface area contributed by atoms with Gasteiger partial charge < -0.3 is 15.7 Å². The van der Waals surface area contributed by atoms with Crippen molar-refractivity contribution in [3.63, 3.8) is 0 Å². The van der Waals surface area contributed by atoms with Crippen molar-refractivity contribution in [2.45, 2.75) is 24.9 Å². The van der Waals surface area contributed by atoms with Crippen LogP contribution >= 0.6 is 0 Å². The minimum absolute atomic E-state index is 0.0621. The van der Waals surface area contributed by atoms with Crippen molar-refractivity contribution < 1.29 is 19.5 Å². The summed E-state index contributed by atoms with van der Waals surface area (Å²) < 4.78 is 0. The molecule has 1 aliphatic rings. The van der Waals surface area contributed by atoms with E-state index in [4.69, 9.17) is 0 Å². The second kappa shape index (κ2) is 8.83. The first-order valence-electron chi connectivity index (χ1n) is 10.1. The van der Waals surface area contributed by atoms with Crippen molar-refractivity contribution in [2.24, 2.45) is 0 Å². The third-order valence-corrected chi connectivity index (χ3v) is 5.33. The highest BCUT2D eigenvalue weighted by Crippen LogP contribution is 2.15. The maximum absolute atomic E-state index is 12.5. The Morgan fingerprint density at radius 1 is 0.677 bits per heavy atom. The van der Waals surface area contributed by atoms with Crippen molar-refractivity contribution in [3.8, 4) is 5.75 Å². The van der Waals surface area contributed by atoms with Gasteiger partial charge in [-0.2, -0.15) is 0 Å². The maximum atomic E-state index is 12.5. The fourth-order valence-electron chi connectivity index (χ4n) is 3.62. The molecule has 0 spiro atoms. The fourth-order valence-corrected chi connectivity index (χ4v) is 3.62. The SMILES string of the molecule is O=C(c1ccccc1)c1ccc(C[C@H]2NC(=O)[C@H](Cc3ccc(O)cc3)NC2=O)cc1. The minimum atomic E-state index is -0.667. The highest BCUT2D eigenvalue weighted by Gasteiger charge is 2.33. The van der Waals surface area contributed by atoms with Gasteiger partial charge in [-0.3, -0.25) is 14.4 Å². The van der Waals surface area contributed by atoms with Crippen LogP contribution in [0.1, 0.15) is 27.0 Å². The summed E-state index contributed by atoms with van der Waals surface area (Å²) in [4.78, 5) is 37.5. The van der Waals surface area contributed by atoms with Crippen molar-refractivity contribution in [1.29, 1.82) is 0 Å². The number of amides is 2. The van der Waals surface area contributed by atoms with Crippen LogP contribution in [0.15, 0.2) is 78.9 Å². The van der Waals surface area contributed by atoms with E-state index in [0.29, 0.717) is 24.0 Å². The van der Waals surface area contributed by atoms with Crippen LogP contribution in [0.25, 0.3) is 0 Å². The molecule has 6 heteroatoms. The predicted molar refractivity (Wildman–Crippen MR) is 116 cm³/mol.